The van der Waals surface area contributed by atoms with Gasteiger partial charge in [-0.2, -0.15) is 13.2 Å². The van der Waals surface area contributed by atoms with Crippen LogP contribution < -0.4 is 10.6 Å². The number of halogens is 4. The number of pyridine rings is 1. The van der Waals surface area contributed by atoms with Crippen molar-refractivity contribution in [3.63, 3.8) is 0 Å². The van der Waals surface area contributed by atoms with E-state index in [0.717, 1.165) is 25.0 Å². The van der Waals surface area contributed by atoms with Crippen LogP contribution in [0.3, 0.4) is 0 Å². The number of aliphatic hydroxyl groups is 1. The molecule has 3 N–H and O–H groups in total. The summed E-state index contributed by atoms with van der Waals surface area (Å²) >= 11 is 0. The van der Waals surface area contributed by atoms with Gasteiger partial charge in [-0.15, -0.1) is 0 Å². The monoisotopic (exact) mass is 534 g/mol. The Morgan fingerprint density at radius 2 is 1.97 bits per heavy atom. The lowest BCUT2D eigenvalue weighted by Gasteiger charge is -2.30. The lowest BCUT2D eigenvalue weighted by atomic mass is 9.98. The molecule has 2 unspecified atom stereocenters. The maximum atomic E-state index is 14.8. The number of hydrogen-bond donors (Lipinski definition) is 3. The van der Waals surface area contributed by atoms with E-state index in [9.17, 15) is 32.3 Å². The van der Waals surface area contributed by atoms with Crippen molar-refractivity contribution < 1.29 is 32.3 Å². The highest BCUT2D eigenvalue weighted by molar-refractivity contribution is 6.02. The van der Waals surface area contributed by atoms with Crippen molar-refractivity contribution >= 4 is 17.5 Å². The Hall–Kier alpha value is -3.21. The van der Waals surface area contributed by atoms with Crippen molar-refractivity contribution in [3.05, 3.63) is 58.7 Å². The van der Waals surface area contributed by atoms with Crippen molar-refractivity contribution in [2.24, 2.45) is 17.8 Å². The number of piperidine rings is 1. The van der Waals surface area contributed by atoms with Gasteiger partial charge in [-0.1, -0.05) is 13.0 Å². The molecule has 1 aliphatic heterocycles. The van der Waals surface area contributed by atoms with E-state index in [1.54, 1.807) is 17.9 Å². The summed E-state index contributed by atoms with van der Waals surface area (Å²) in [5.74, 6) is -1.48. The van der Waals surface area contributed by atoms with Gasteiger partial charge < -0.3 is 20.6 Å². The van der Waals surface area contributed by atoms with Crippen LogP contribution in [0.5, 0.6) is 0 Å². The Kier molecular flexibility index (Phi) is 6.83. The van der Waals surface area contributed by atoms with Crippen LogP contribution >= 0.6 is 0 Å². The van der Waals surface area contributed by atoms with Crippen molar-refractivity contribution in [2.45, 2.75) is 57.4 Å². The molecule has 2 saturated carbocycles. The van der Waals surface area contributed by atoms with Gasteiger partial charge in [0.25, 0.3) is 5.91 Å². The molecular formula is C27H30F4N4O3. The van der Waals surface area contributed by atoms with Crippen LogP contribution in [0.15, 0.2) is 30.5 Å². The molecule has 204 valence electrons. The number of anilines is 1. The first kappa shape index (κ1) is 26.4. The van der Waals surface area contributed by atoms with Crippen molar-refractivity contribution in [1.29, 1.82) is 0 Å². The van der Waals surface area contributed by atoms with Gasteiger partial charge in [0.05, 0.1) is 35.7 Å². The van der Waals surface area contributed by atoms with Gasteiger partial charge in [-0.3, -0.25) is 14.6 Å². The summed E-state index contributed by atoms with van der Waals surface area (Å²) in [4.78, 5) is 33.2. The Morgan fingerprint density at radius 1 is 1.24 bits per heavy atom. The number of benzene rings is 1. The fraction of sp³-hybridized carbons (Fsp3) is 0.519. The maximum Gasteiger partial charge on any atom is 0.416 e. The zero-order chi connectivity index (χ0) is 27.4. The van der Waals surface area contributed by atoms with Crippen LogP contribution in [0.1, 0.15) is 59.4 Å². The molecule has 5 atom stereocenters. The largest absolute Gasteiger partial charge is 0.416 e. The zero-order valence-electron chi connectivity index (χ0n) is 21.1. The highest BCUT2D eigenvalue weighted by atomic mass is 19.4. The molecule has 5 rings (SSSR count). The number of nitrogens with one attached hydrogen (secondary N) is 2. The lowest BCUT2D eigenvalue weighted by molar-refractivity contribution is -0.137. The molecule has 3 fully saturated rings. The molecule has 0 bridgehead atoms. The van der Waals surface area contributed by atoms with E-state index in [1.165, 1.54) is 6.20 Å². The topological polar surface area (TPSA) is 94.6 Å². The highest BCUT2D eigenvalue weighted by Crippen LogP contribution is 2.54. The van der Waals surface area contributed by atoms with Crippen molar-refractivity contribution in [2.75, 3.05) is 18.5 Å². The van der Waals surface area contributed by atoms with E-state index in [-0.39, 0.29) is 48.4 Å². The first-order valence-electron chi connectivity index (χ1n) is 12.8. The number of carbonyl (C=O) groups excluding carboxylic acids is 2. The second kappa shape index (κ2) is 9.83. The number of amides is 2. The van der Waals surface area contributed by atoms with Crippen LogP contribution in [0.25, 0.3) is 0 Å². The molecule has 0 spiro atoms. The Labute approximate surface area is 217 Å². The molecule has 1 saturated heterocycles. The molecule has 11 heteroatoms. The SMILES string of the molecule is Cc1cc(C(=O)N2C3C(C[C@@H]2C(=O)N[C@@H](c2ccc(C(F)(F)F)cc2F)C2CC2)[C@H]3C)c(NCCO)cn1. The van der Waals surface area contributed by atoms with Gasteiger partial charge >= 0.3 is 6.18 Å². The molecule has 0 radical (unpaired) electrons. The van der Waals surface area contributed by atoms with E-state index >= 15 is 0 Å². The van der Waals surface area contributed by atoms with Gasteiger partial charge in [0.15, 0.2) is 0 Å². The van der Waals surface area contributed by atoms with Gasteiger partial charge in [-0.05, 0) is 62.1 Å². The number of rotatable bonds is 8. The number of carbonyl (C=O) groups is 2. The number of likely N-dealkylation sites (tertiary alicyclic amines) is 1. The van der Waals surface area contributed by atoms with Crippen LogP contribution in [0.4, 0.5) is 23.2 Å². The van der Waals surface area contributed by atoms with Crippen LogP contribution in [0.2, 0.25) is 0 Å². The standard InChI is InChI=1S/C27H30F4N4O3/c1-13-9-19(21(12-33-13)32-7-8-36)26(38)35-22(11-18-14(2)24(18)35)25(37)34-23(15-3-4-15)17-6-5-16(10-20(17)28)27(29,30)31/h5-6,9-10,12,14-15,18,22-24,32,36H,3-4,7-8,11H2,1-2H3,(H,34,37)/t14-,18?,22-,23-,24?/m1/s1. The number of aromatic nitrogens is 1. The fourth-order valence-corrected chi connectivity index (χ4v) is 5.72. The summed E-state index contributed by atoms with van der Waals surface area (Å²) in [5, 5.41) is 15.1. The molecule has 2 aromatic rings. The number of hydrogen-bond acceptors (Lipinski definition) is 5. The van der Waals surface area contributed by atoms with Gasteiger partial charge in [-0.25, -0.2) is 4.39 Å². The van der Waals surface area contributed by atoms with E-state index in [0.29, 0.717) is 29.4 Å². The maximum absolute atomic E-state index is 14.8. The first-order valence-corrected chi connectivity index (χ1v) is 12.8. The average molecular weight is 535 g/mol. The Balaban J connectivity index is 1.40. The second-order valence-electron chi connectivity index (χ2n) is 10.6. The quantitative estimate of drug-likeness (QED) is 0.444. The Morgan fingerprint density at radius 3 is 2.61 bits per heavy atom. The summed E-state index contributed by atoms with van der Waals surface area (Å²) in [6.45, 7) is 3.86. The smallest absolute Gasteiger partial charge is 0.395 e. The van der Waals surface area contributed by atoms with Crippen LogP contribution in [-0.2, 0) is 11.0 Å². The summed E-state index contributed by atoms with van der Waals surface area (Å²) in [6.07, 6.45) is -1.25. The molecule has 2 heterocycles. The third-order valence-corrected chi connectivity index (χ3v) is 7.95. The minimum atomic E-state index is -4.67. The predicted octanol–water partition coefficient (Wildman–Crippen LogP) is 4.07. The number of aryl methyl sites for hydroxylation is 1. The molecule has 7 nitrogen and oxygen atoms in total. The van der Waals surface area contributed by atoms with Gasteiger partial charge in [0.1, 0.15) is 11.9 Å². The number of alkyl halides is 3. The number of nitrogens with zero attached hydrogens (tertiary/aromatic N) is 2. The number of fused-ring (bicyclic) bond motifs is 1. The van der Waals surface area contributed by atoms with Crippen molar-refractivity contribution in [1.82, 2.24) is 15.2 Å². The van der Waals surface area contributed by atoms with E-state index < -0.39 is 35.5 Å². The van der Waals surface area contributed by atoms with Crippen LogP contribution in [-0.4, -0.2) is 52.0 Å². The van der Waals surface area contributed by atoms with Gasteiger partial charge in [0.2, 0.25) is 5.91 Å². The third kappa shape index (κ3) is 4.95. The van der Waals surface area contributed by atoms with Crippen molar-refractivity contribution in [3.8, 4) is 0 Å². The third-order valence-electron chi connectivity index (χ3n) is 7.95. The summed E-state index contributed by atoms with van der Waals surface area (Å²) in [6, 6.07) is 2.35. The second-order valence-corrected chi connectivity index (χ2v) is 10.6. The number of aliphatic hydroxyl groups excluding tert-OH is 1. The molecule has 1 aromatic heterocycles. The molecule has 3 aliphatic rings. The predicted molar refractivity (Wildman–Crippen MR) is 131 cm³/mol. The molecular weight excluding hydrogens is 504 g/mol. The zero-order valence-corrected chi connectivity index (χ0v) is 21.1. The average Bonchev–Trinajstić information content (AvgIpc) is 3.77. The van der Waals surface area contributed by atoms with E-state index in [2.05, 4.69) is 15.6 Å². The van der Waals surface area contributed by atoms with Gasteiger partial charge in [0, 0.05) is 23.8 Å². The highest BCUT2D eigenvalue weighted by Gasteiger charge is 2.62. The summed E-state index contributed by atoms with van der Waals surface area (Å²) in [7, 11) is 0. The van der Waals surface area contributed by atoms with E-state index in [4.69, 9.17) is 0 Å². The molecule has 38 heavy (non-hydrogen) atoms. The fourth-order valence-electron chi connectivity index (χ4n) is 5.72. The molecule has 1 aromatic carbocycles. The Bertz CT molecular complexity index is 1250. The molecule has 2 amide bonds. The van der Waals surface area contributed by atoms with E-state index in [1.807, 2.05) is 6.92 Å². The normalized spacial score (nSPS) is 25.1. The summed E-state index contributed by atoms with van der Waals surface area (Å²) in [5.41, 5.74) is 0.349. The lowest BCUT2D eigenvalue weighted by Crippen LogP contribution is -2.49. The summed E-state index contributed by atoms with van der Waals surface area (Å²) < 4.78 is 54.0. The van der Waals surface area contributed by atoms with Crippen LogP contribution in [0, 0.1) is 30.5 Å². The minimum absolute atomic E-state index is 0.0171. The minimum Gasteiger partial charge on any atom is -0.395 e. The molecule has 2 aliphatic carbocycles. The first-order chi connectivity index (χ1) is 18.0.